The smallest absolute Gasteiger partial charge is 0.256 e. The maximum Gasteiger partial charge on any atom is 0.256 e. The first-order valence-corrected chi connectivity index (χ1v) is 9.09. The molecule has 1 N–H and O–H groups in total. The molecule has 0 spiro atoms. The fourth-order valence-corrected chi connectivity index (χ4v) is 3.12. The average molecular weight is 380 g/mol. The number of nitrogens with zero attached hydrogens (tertiary/aromatic N) is 2. The molecule has 0 radical (unpaired) electrons. The summed E-state index contributed by atoms with van der Waals surface area (Å²) in [5.74, 6) is -0.935. The first kappa shape index (κ1) is 21.5. The lowest BCUT2D eigenvalue weighted by atomic mass is 9.99. The summed E-state index contributed by atoms with van der Waals surface area (Å²) in [6, 6.07) is 5.95. The Bertz CT molecular complexity index is 642. The van der Waals surface area contributed by atoms with Crippen molar-refractivity contribution in [3.8, 4) is 0 Å². The van der Waals surface area contributed by atoms with Crippen LogP contribution in [0.4, 0.5) is 4.39 Å². The zero-order valence-corrected chi connectivity index (χ0v) is 16.1. The molecule has 1 aromatic rings. The molecule has 0 unspecified atom stereocenters. The van der Waals surface area contributed by atoms with Crippen LogP contribution in [0.25, 0.3) is 0 Å². The number of carbonyl (C=O) groups excluding carboxylic acids is 1. The second kappa shape index (κ2) is 9.94. The molecule has 27 heavy (non-hydrogen) atoms. The Morgan fingerprint density at radius 3 is 2.93 bits per heavy atom. The lowest BCUT2D eigenvalue weighted by molar-refractivity contribution is -0.0733. The monoisotopic (exact) mass is 380 g/mol. The number of halogens is 1. The number of carbonyl (C=O) groups is 1. The van der Waals surface area contributed by atoms with Gasteiger partial charge in [-0.25, -0.2) is 4.39 Å². The first-order valence-electron chi connectivity index (χ1n) is 9.09. The quantitative estimate of drug-likeness (QED) is 0.659. The van der Waals surface area contributed by atoms with Crippen LogP contribution in [0.2, 0.25) is 0 Å². The van der Waals surface area contributed by atoms with E-state index in [4.69, 9.17) is 9.47 Å². The number of morpholine rings is 1. The van der Waals surface area contributed by atoms with Gasteiger partial charge in [-0.2, -0.15) is 0 Å². The number of rotatable bonds is 9. The van der Waals surface area contributed by atoms with Gasteiger partial charge in [0.1, 0.15) is 5.82 Å². The highest BCUT2D eigenvalue weighted by Crippen LogP contribution is 2.21. The number of aliphatic hydroxyl groups excluding tert-OH is 1. The van der Waals surface area contributed by atoms with E-state index in [0.29, 0.717) is 39.4 Å². The van der Waals surface area contributed by atoms with Crippen molar-refractivity contribution >= 4 is 5.91 Å². The Balaban J connectivity index is 2.12. The summed E-state index contributed by atoms with van der Waals surface area (Å²) >= 11 is 0. The molecular formula is C20H29FN2O4. The largest absolute Gasteiger partial charge is 0.394 e. The molecule has 1 aromatic carbocycles. The van der Waals surface area contributed by atoms with Crippen molar-refractivity contribution in [2.75, 3.05) is 53.1 Å². The van der Waals surface area contributed by atoms with Crippen molar-refractivity contribution in [3.63, 3.8) is 0 Å². The number of benzene rings is 1. The average Bonchev–Trinajstić information content (AvgIpc) is 2.70. The SMILES string of the molecule is C=C[C@](C)(CO)N1CCO[C@@H](CN(CCOC)C(=O)c2ccccc2F)C1. The molecule has 1 aliphatic heterocycles. The van der Waals surface area contributed by atoms with E-state index in [-0.39, 0.29) is 24.2 Å². The minimum atomic E-state index is -0.547. The van der Waals surface area contributed by atoms with Crippen molar-refractivity contribution in [1.82, 2.24) is 9.80 Å². The fourth-order valence-electron chi connectivity index (χ4n) is 3.12. The predicted octanol–water partition coefficient (Wildman–Crippen LogP) is 1.55. The van der Waals surface area contributed by atoms with Gasteiger partial charge in [-0.1, -0.05) is 18.2 Å². The van der Waals surface area contributed by atoms with Gasteiger partial charge >= 0.3 is 0 Å². The van der Waals surface area contributed by atoms with Gasteiger partial charge in [0.25, 0.3) is 5.91 Å². The minimum Gasteiger partial charge on any atom is -0.394 e. The third-order valence-electron chi connectivity index (χ3n) is 5.00. The van der Waals surface area contributed by atoms with Gasteiger partial charge in [-0.15, -0.1) is 6.58 Å². The van der Waals surface area contributed by atoms with E-state index in [0.717, 1.165) is 0 Å². The van der Waals surface area contributed by atoms with Gasteiger partial charge in [0.15, 0.2) is 0 Å². The molecule has 2 atom stereocenters. The summed E-state index contributed by atoms with van der Waals surface area (Å²) in [6.07, 6.45) is 1.47. The van der Waals surface area contributed by atoms with E-state index in [1.54, 1.807) is 30.2 Å². The molecule has 6 nitrogen and oxygen atoms in total. The molecule has 0 saturated carbocycles. The second-order valence-corrected chi connectivity index (χ2v) is 6.88. The summed E-state index contributed by atoms with van der Waals surface area (Å²) in [6.45, 7) is 8.36. The van der Waals surface area contributed by atoms with Crippen LogP contribution < -0.4 is 0 Å². The van der Waals surface area contributed by atoms with E-state index < -0.39 is 11.4 Å². The maximum absolute atomic E-state index is 14.1. The van der Waals surface area contributed by atoms with E-state index in [1.165, 1.54) is 12.1 Å². The van der Waals surface area contributed by atoms with Gasteiger partial charge in [0.2, 0.25) is 0 Å². The lowest BCUT2D eigenvalue weighted by Gasteiger charge is -2.43. The van der Waals surface area contributed by atoms with Crippen molar-refractivity contribution < 1.29 is 23.8 Å². The Kier molecular flexibility index (Phi) is 7.91. The van der Waals surface area contributed by atoms with Crippen LogP contribution in [0.3, 0.4) is 0 Å². The summed E-state index contributed by atoms with van der Waals surface area (Å²) in [5, 5.41) is 9.71. The topological polar surface area (TPSA) is 62.2 Å². The molecule has 0 bridgehead atoms. The van der Waals surface area contributed by atoms with Crippen LogP contribution in [-0.4, -0.2) is 85.6 Å². The van der Waals surface area contributed by atoms with Gasteiger partial charge in [-0.05, 0) is 19.1 Å². The lowest BCUT2D eigenvalue weighted by Crippen LogP contribution is -2.57. The molecule has 0 aromatic heterocycles. The van der Waals surface area contributed by atoms with Crippen LogP contribution in [-0.2, 0) is 9.47 Å². The summed E-state index contributed by atoms with van der Waals surface area (Å²) < 4.78 is 25.0. The second-order valence-electron chi connectivity index (χ2n) is 6.88. The minimum absolute atomic E-state index is 0.0348. The number of ether oxygens (including phenoxy) is 2. The van der Waals surface area contributed by atoms with Gasteiger partial charge < -0.3 is 19.5 Å². The predicted molar refractivity (Wildman–Crippen MR) is 101 cm³/mol. The zero-order chi connectivity index (χ0) is 19.9. The molecule has 1 saturated heterocycles. The summed E-state index contributed by atoms with van der Waals surface area (Å²) in [4.78, 5) is 16.5. The van der Waals surface area contributed by atoms with Crippen LogP contribution >= 0.6 is 0 Å². The van der Waals surface area contributed by atoms with Crippen molar-refractivity contribution in [3.05, 3.63) is 48.3 Å². The van der Waals surface area contributed by atoms with E-state index >= 15 is 0 Å². The van der Waals surface area contributed by atoms with Crippen molar-refractivity contribution in [1.29, 1.82) is 0 Å². The molecular weight excluding hydrogens is 351 g/mol. The molecule has 2 rings (SSSR count). The standard InChI is InChI=1S/C20H29FN2O4/c1-4-20(2,15-24)23-10-12-27-16(14-23)13-22(9-11-26-3)19(25)17-7-5-6-8-18(17)21/h4-8,16,24H,1,9-15H2,2-3H3/t16-,20+/m0/s1. The Morgan fingerprint density at radius 2 is 2.30 bits per heavy atom. The van der Waals surface area contributed by atoms with Crippen LogP contribution in [0.1, 0.15) is 17.3 Å². The molecule has 1 fully saturated rings. The van der Waals surface area contributed by atoms with Crippen LogP contribution in [0.5, 0.6) is 0 Å². The Hall–Kier alpha value is -1.80. The van der Waals surface area contributed by atoms with Crippen LogP contribution in [0.15, 0.2) is 36.9 Å². The molecule has 1 heterocycles. The highest BCUT2D eigenvalue weighted by molar-refractivity contribution is 5.94. The molecule has 1 amide bonds. The third-order valence-corrected chi connectivity index (χ3v) is 5.00. The number of aliphatic hydroxyl groups is 1. The van der Waals surface area contributed by atoms with Crippen molar-refractivity contribution in [2.45, 2.75) is 18.6 Å². The van der Waals surface area contributed by atoms with Gasteiger partial charge in [0.05, 0.1) is 37.0 Å². The summed E-state index contributed by atoms with van der Waals surface area (Å²) in [7, 11) is 1.56. The third kappa shape index (κ3) is 5.35. The molecule has 1 aliphatic rings. The van der Waals surface area contributed by atoms with Gasteiger partial charge in [-0.3, -0.25) is 9.69 Å². The number of amides is 1. The maximum atomic E-state index is 14.1. The van der Waals surface area contributed by atoms with Crippen molar-refractivity contribution in [2.24, 2.45) is 0 Å². The highest BCUT2D eigenvalue weighted by atomic mass is 19.1. The molecule has 0 aliphatic carbocycles. The van der Waals surface area contributed by atoms with E-state index in [2.05, 4.69) is 11.5 Å². The number of hydrogen-bond donors (Lipinski definition) is 1. The molecule has 7 heteroatoms. The Morgan fingerprint density at radius 1 is 1.56 bits per heavy atom. The van der Waals surface area contributed by atoms with Crippen LogP contribution in [0, 0.1) is 5.82 Å². The fraction of sp³-hybridized carbons (Fsp3) is 0.550. The Labute approximate surface area is 160 Å². The number of hydrogen-bond acceptors (Lipinski definition) is 5. The molecule has 150 valence electrons. The first-order chi connectivity index (χ1) is 12.9. The summed E-state index contributed by atoms with van der Waals surface area (Å²) in [5.41, 5.74) is -0.512. The normalized spacial score (nSPS) is 20.1. The zero-order valence-electron chi connectivity index (χ0n) is 16.1. The van der Waals surface area contributed by atoms with Gasteiger partial charge in [0, 0.05) is 33.3 Å². The highest BCUT2D eigenvalue weighted by Gasteiger charge is 2.34. The van der Waals surface area contributed by atoms with E-state index in [9.17, 15) is 14.3 Å². The number of methoxy groups -OCH3 is 1. The van der Waals surface area contributed by atoms with E-state index in [1.807, 2.05) is 6.92 Å².